The van der Waals surface area contributed by atoms with Gasteiger partial charge in [-0.3, -0.25) is 19.4 Å². The van der Waals surface area contributed by atoms with E-state index in [0.717, 1.165) is 0 Å². The van der Waals surface area contributed by atoms with Crippen molar-refractivity contribution in [2.75, 3.05) is 30.9 Å². The summed E-state index contributed by atoms with van der Waals surface area (Å²) in [4.78, 5) is 54.7. The van der Waals surface area contributed by atoms with Gasteiger partial charge in [-0.25, -0.2) is 4.79 Å². The fourth-order valence-electron chi connectivity index (χ4n) is 3.38. The molecule has 1 aliphatic rings. The van der Waals surface area contributed by atoms with Gasteiger partial charge in [0, 0.05) is 18.8 Å². The number of carbonyl (C=O) groups is 4. The number of hydrogen-bond donors (Lipinski definition) is 7. The highest BCUT2D eigenvalue weighted by Crippen LogP contribution is 2.19. The zero-order valence-electron chi connectivity index (χ0n) is 18.7. The van der Waals surface area contributed by atoms with Crippen LogP contribution in [0.25, 0.3) is 0 Å². The monoisotopic (exact) mass is 505 g/mol. The SMILES string of the molecule is CSCCC(NC(=O)C(N)CCCN=C(N)N)C(=O)NC(CS)C(=O)N1CCCC1C(=O)O. The summed E-state index contributed by atoms with van der Waals surface area (Å²) in [5, 5.41) is 14.6. The van der Waals surface area contributed by atoms with Crippen molar-refractivity contribution in [2.24, 2.45) is 22.2 Å². The van der Waals surface area contributed by atoms with E-state index in [0.29, 0.717) is 50.9 Å². The molecule has 0 aromatic carbocycles. The van der Waals surface area contributed by atoms with Crippen LogP contribution in [0.4, 0.5) is 0 Å². The summed E-state index contributed by atoms with van der Waals surface area (Å²) < 4.78 is 0. The lowest BCUT2D eigenvalue weighted by Crippen LogP contribution is -2.57. The number of rotatable bonds is 14. The van der Waals surface area contributed by atoms with Gasteiger partial charge in [-0.05, 0) is 44.1 Å². The lowest BCUT2D eigenvalue weighted by molar-refractivity contribution is -0.149. The number of thiol groups is 1. The molecule has 0 aromatic heterocycles. The highest BCUT2D eigenvalue weighted by Gasteiger charge is 2.38. The molecule has 1 aliphatic heterocycles. The molecule has 1 heterocycles. The second-order valence-electron chi connectivity index (χ2n) is 7.67. The molecule has 9 N–H and O–H groups in total. The number of thioether (sulfide) groups is 1. The molecule has 1 rings (SSSR count). The fraction of sp³-hybridized carbons (Fsp3) is 0.737. The summed E-state index contributed by atoms with van der Waals surface area (Å²) in [6, 6.07) is -3.69. The molecule has 0 radical (unpaired) electrons. The molecule has 1 fully saturated rings. The molecule has 0 spiro atoms. The number of amides is 3. The quantitative estimate of drug-likeness (QED) is 0.0608. The highest BCUT2D eigenvalue weighted by atomic mass is 32.2. The Morgan fingerprint density at radius 1 is 1.18 bits per heavy atom. The maximum Gasteiger partial charge on any atom is 0.326 e. The first-order valence-corrected chi connectivity index (χ1v) is 12.7. The van der Waals surface area contributed by atoms with Gasteiger partial charge in [0.15, 0.2) is 5.96 Å². The van der Waals surface area contributed by atoms with Crippen LogP contribution >= 0.6 is 24.4 Å². The molecule has 0 bridgehead atoms. The molecule has 1 saturated heterocycles. The third-order valence-electron chi connectivity index (χ3n) is 5.17. The van der Waals surface area contributed by atoms with Crippen molar-refractivity contribution in [2.45, 2.75) is 56.3 Å². The van der Waals surface area contributed by atoms with E-state index in [9.17, 15) is 24.3 Å². The van der Waals surface area contributed by atoms with E-state index in [1.165, 1.54) is 16.7 Å². The summed E-state index contributed by atoms with van der Waals surface area (Å²) in [5.41, 5.74) is 16.4. The summed E-state index contributed by atoms with van der Waals surface area (Å²) in [6.45, 7) is 0.635. The van der Waals surface area contributed by atoms with Crippen molar-refractivity contribution in [3.8, 4) is 0 Å². The number of hydrogen-bond acceptors (Lipinski definition) is 8. The standard InChI is InChI=1S/C19H35N7O5S2/c1-33-9-6-12(24-15(27)11(20)4-2-7-23-19(21)22)16(28)25-13(10-32)17(29)26-8-3-5-14(26)18(30)31/h11-14,32H,2-10,20H2,1H3,(H,24,27)(H,25,28)(H,30,31)(H4,21,22,23). The van der Waals surface area contributed by atoms with E-state index >= 15 is 0 Å². The maximum atomic E-state index is 12.9. The van der Waals surface area contributed by atoms with Crippen LogP contribution in [-0.2, 0) is 19.2 Å². The van der Waals surface area contributed by atoms with Crippen LogP contribution in [0.3, 0.4) is 0 Å². The topological polar surface area (TPSA) is 206 Å². The number of carboxylic acid groups (broad SMARTS) is 1. The number of nitrogens with zero attached hydrogens (tertiary/aromatic N) is 2. The van der Waals surface area contributed by atoms with Crippen LogP contribution in [0.2, 0.25) is 0 Å². The zero-order valence-corrected chi connectivity index (χ0v) is 20.4. The number of carboxylic acids is 1. The van der Waals surface area contributed by atoms with Gasteiger partial charge in [0.2, 0.25) is 17.7 Å². The Morgan fingerprint density at radius 3 is 2.42 bits per heavy atom. The smallest absolute Gasteiger partial charge is 0.326 e. The van der Waals surface area contributed by atoms with Gasteiger partial charge >= 0.3 is 5.97 Å². The largest absolute Gasteiger partial charge is 0.480 e. The average Bonchev–Trinajstić information content (AvgIpc) is 3.27. The lowest BCUT2D eigenvalue weighted by Gasteiger charge is -2.28. The number of aliphatic carboxylic acids is 1. The van der Waals surface area contributed by atoms with E-state index in [1.807, 2.05) is 6.26 Å². The van der Waals surface area contributed by atoms with Crippen LogP contribution in [0.5, 0.6) is 0 Å². The van der Waals surface area contributed by atoms with E-state index < -0.39 is 47.9 Å². The Bertz CT molecular complexity index is 721. The summed E-state index contributed by atoms with van der Waals surface area (Å²) in [7, 11) is 0. The third-order valence-corrected chi connectivity index (χ3v) is 6.18. The number of nitrogens with two attached hydrogens (primary N) is 3. The van der Waals surface area contributed by atoms with Gasteiger partial charge in [0.05, 0.1) is 6.04 Å². The Kier molecular flexibility index (Phi) is 13.0. The predicted octanol–water partition coefficient (Wildman–Crippen LogP) is -1.90. The molecule has 4 atom stereocenters. The summed E-state index contributed by atoms with van der Waals surface area (Å²) in [5.74, 6) is -2.10. The van der Waals surface area contributed by atoms with Crippen molar-refractivity contribution in [1.29, 1.82) is 0 Å². The van der Waals surface area contributed by atoms with Crippen molar-refractivity contribution >= 4 is 54.0 Å². The van der Waals surface area contributed by atoms with Gasteiger partial charge in [0.25, 0.3) is 0 Å². The van der Waals surface area contributed by atoms with Crippen LogP contribution in [0, 0.1) is 0 Å². The van der Waals surface area contributed by atoms with E-state index in [-0.39, 0.29) is 11.7 Å². The molecule has 0 aromatic rings. The van der Waals surface area contributed by atoms with Crippen LogP contribution in [0.1, 0.15) is 32.1 Å². The Morgan fingerprint density at radius 2 is 1.85 bits per heavy atom. The van der Waals surface area contributed by atoms with E-state index in [2.05, 4.69) is 28.3 Å². The van der Waals surface area contributed by atoms with Crippen LogP contribution < -0.4 is 27.8 Å². The number of guanidine groups is 1. The normalized spacial score (nSPS) is 18.2. The van der Waals surface area contributed by atoms with Crippen molar-refractivity contribution in [3.05, 3.63) is 0 Å². The number of nitrogens with one attached hydrogen (secondary N) is 2. The van der Waals surface area contributed by atoms with Gasteiger partial charge in [-0.2, -0.15) is 24.4 Å². The fourth-order valence-corrected chi connectivity index (χ4v) is 4.10. The minimum Gasteiger partial charge on any atom is -0.480 e. The van der Waals surface area contributed by atoms with Gasteiger partial charge in [-0.1, -0.05) is 0 Å². The molecule has 33 heavy (non-hydrogen) atoms. The second kappa shape index (κ2) is 14.9. The molecular weight excluding hydrogens is 470 g/mol. The summed E-state index contributed by atoms with van der Waals surface area (Å²) >= 11 is 5.66. The Labute approximate surface area is 203 Å². The zero-order chi connectivity index (χ0) is 25.0. The molecule has 12 nitrogen and oxygen atoms in total. The predicted molar refractivity (Wildman–Crippen MR) is 131 cm³/mol. The number of aliphatic imine (C=N–C) groups is 1. The molecule has 0 aliphatic carbocycles. The number of carbonyl (C=O) groups excluding carboxylic acids is 3. The molecule has 0 saturated carbocycles. The average molecular weight is 506 g/mol. The number of likely N-dealkylation sites (tertiary alicyclic amines) is 1. The van der Waals surface area contributed by atoms with Gasteiger partial charge in [-0.15, -0.1) is 0 Å². The third kappa shape index (κ3) is 9.68. The second-order valence-corrected chi connectivity index (χ2v) is 9.02. The lowest BCUT2D eigenvalue weighted by atomic mass is 10.1. The minimum atomic E-state index is -1.08. The van der Waals surface area contributed by atoms with E-state index in [4.69, 9.17) is 17.2 Å². The molecule has 188 valence electrons. The van der Waals surface area contributed by atoms with Gasteiger partial charge in [0.1, 0.15) is 18.1 Å². The Balaban J connectivity index is 2.76. The highest BCUT2D eigenvalue weighted by molar-refractivity contribution is 7.98. The summed E-state index contributed by atoms with van der Waals surface area (Å²) in [6.07, 6.45) is 3.94. The first-order chi connectivity index (χ1) is 15.6. The van der Waals surface area contributed by atoms with E-state index in [1.54, 1.807) is 0 Å². The van der Waals surface area contributed by atoms with Crippen LogP contribution in [-0.4, -0.2) is 94.7 Å². The minimum absolute atomic E-state index is 0.0130. The Hall–Kier alpha value is -2.19. The van der Waals surface area contributed by atoms with Crippen molar-refractivity contribution in [3.63, 3.8) is 0 Å². The van der Waals surface area contributed by atoms with Crippen molar-refractivity contribution in [1.82, 2.24) is 15.5 Å². The molecule has 14 heteroatoms. The molecule has 3 amide bonds. The molecule has 4 unspecified atom stereocenters. The van der Waals surface area contributed by atoms with Crippen molar-refractivity contribution < 1.29 is 24.3 Å². The molecular formula is C19H35N7O5S2. The van der Waals surface area contributed by atoms with Gasteiger partial charge < -0.3 is 37.8 Å². The maximum absolute atomic E-state index is 12.9. The van der Waals surface area contributed by atoms with Crippen LogP contribution in [0.15, 0.2) is 4.99 Å². The first-order valence-electron chi connectivity index (χ1n) is 10.7. The first kappa shape index (κ1) is 28.8.